The van der Waals surface area contributed by atoms with E-state index in [0.29, 0.717) is 17.8 Å². The second-order valence-corrected chi connectivity index (χ2v) is 9.11. The van der Waals surface area contributed by atoms with Crippen molar-refractivity contribution in [2.45, 2.75) is 19.6 Å². The van der Waals surface area contributed by atoms with Gasteiger partial charge in [0.15, 0.2) is 0 Å². The molecule has 0 aliphatic carbocycles. The molecular formula is C29H33F3N8O. The molecule has 4 rings (SSSR count). The van der Waals surface area contributed by atoms with Crippen molar-refractivity contribution in [1.29, 1.82) is 5.41 Å². The van der Waals surface area contributed by atoms with Crippen molar-refractivity contribution in [3.05, 3.63) is 76.6 Å². The van der Waals surface area contributed by atoms with Gasteiger partial charge in [-0.15, -0.1) is 0 Å². The Morgan fingerprint density at radius 2 is 1.76 bits per heavy atom. The number of aromatic nitrogens is 2. The number of pyridine rings is 2. The molecule has 1 saturated heterocycles. The van der Waals surface area contributed by atoms with Crippen LogP contribution < -0.4 is 16.4 Å². The van der Waals surface area contributed by atoms with E-state index >= 15 is 0 Å². The van der Waals surface area contributed by atoms with Gasteiger partial charge in [0, 0.05) is 80.8 Å². The lowest BCUT2D eigenvalue weighted by Crippen LogP contribution is -2.45. The molecule has 3 heterocycles. The molecular weight excluding hydrogens is 533 g/mol. The topological polar surface area (TPSA) is 123 Å². The van der Waals surface area contributed by atoms with Crippen molar-refractivity contribution >= 4 is 29.9 Å². The molecule has 3 aromatic rings. The monoisotopic (exact) mass is 566 g/mol. The fourth-order valence-electron chi connectivity index (χ4n) is 4.11. The zero-order valence-corrected chi connectivity index (χ0v) is 22.9. The molecule has 0 atom stereocenters. The minimum Gasteiger partial charge on any atom is -0.383 e. The van der Waals surface area contributed by atoms with Crippen molar-refractivity contribution in [2.75, 3.05) is 56.1 Å². The SMILES string of the molecule is CCN1CCN(Cc2ccc(NC=O)cc2C(F)(F)F)CC1.CNc1cc(C#Cc2cnc(N)c(C=N)c2)ccn1. The number of anilines is 3. The number of likely N-dealkylation sites (N-methyl/N-ethyl adjacent to an activating group) is 1. The number of piperazine rings is 1. The van der Waals surface area contributed by atoms with Gasteiger partial charge < -0.3 is 26.7 Å². The number of benzene rings is 1. The third-order valence-corrected chi connectivity index (χ3v) is 6.42. The van der Waals surface area contributed by atoms with Crippen LogP contribution in [0.1, 0.15) is 34.7 Å². The number of nitrogen functional groups attached to an aromatic ring is 1. The highest BCUT2D eigenvalue weighted by atomic mass is 19.4. The van der Waals surface area contributed by atoms with Crippen LogP contribution in [-0.2, 0) is 17.5 Å². The minimum atomic E-state index is -4.43. The lowest BCUT2D eigenvalue weighted by molar-refractivity contribution is -0.138. The molecule has 1 aliphatic heterocycles. The maximum absolute atomic E-state index is 13.2. The number of hydrogen-bond donors (Lipinski definition) is 4. The fraction of sp³-hybridized carbons (Fsp3) is 0.310. The van der Waals surface area contributed by atoms with Crippen LogP contribution in [0.25, 0.3) is 0 Å². The Kier molecular flexibility index (Phi) is 11.2. The predicted octanol–water partition coefficient (Wildman–Crippen LogP) is 3.91. The summed E-state index contributed by atoms with van der Waals surface area (Å²) in [5, 5.41) is 12.4. The summed E-state index contributed by atoms with van der Waals surface area (Å²) in [6.07, 6.45) is 0.398. The number of carbonyl (C=O) groups excluding carboxylic acids is 1. The summed E-state index contributed by atoms with van der Waals surface area (Å²) < 4.78 is 39.6. The molecule has 0 unspecified atom stereocenters. The van der Waals surface area contributed by atoms with E-state index in [9.17, 15) is 18.0 Å². The second kappa shape index (κ2) is 14.8. The van der Waals surface area contributed by atoms with Gasteiger partial charge in [0.25, 0.3) is 0 Å². The van der Waals surface area contributed by atoms with Gasteiger partial charge in [0.2, 0.25) is 6.41 Å². The van der Waals surface area contributed by atoms with Crippen LogP contribution in [0, 0.1) is 17.3 Å². The molecule has 9 nitrogen and oxygen atoms in total. The van der Waals surface area contributed by atoms with Gasteiger partial charge in [-0.25, -0.2) is 9.97 Å². The van der Waals surface area contributed by atoms with Crippen LogP contribution in [0.2, 0.25) is 0 Å². The molecule has 41 heavy (non-hydrogen) atoms. The zero-order valence-electron chi connectivity index (χ0n) is 22.9. The average molecular weight is 567 g/mol. The van der Waals surface area contributed by atoms with E-state index in [1.165, 1.54) is 18.3 Å². The van der Waals surface area contributed by atoms with Gasteiger partial charge in [-0.05, 0) is 42.4 Å². The Hall–Kier alpha value is -4.47. The number of rotatable bonds is 7. The van der Waals surface area contributed by atoms with Crippen molar-refractivity contribution in [1.82, 2.24) is 19.8 Å². The van der Waals surface area contributed by atoms with E-state index in [4.69, 9.17) is 11.1 Å². The number of nitrogens with two attached hydrogens (primary N) is 1. The summed E-state index contributed by atoms with van der Waals surface area (Å²) in [4.78, 5) is 22.8. The van der Waals surface area contributed by atoms with E-state index < -0.39 is 11.7 Å². The van der Waals surface area contributed by atoms with E-state index in [0.717, 1.165) is 55.7 Å². The van der Waals surface area contributed by atoms with E-state index in [1.807, 2.05) is 17.0 Å². The van der Waals surface area contributed by atoms with Gasteiger partial charge in [-0.1, -0.05) is 24.8 Å². The molecule has 0 spiro atoms. The Bertz CT molecular complexity index is 1390. The highest BCUT2D eigenvalue weighted by molar-refractivity contribution is 5.83. The molecule has 1 aliphatic rings. The average Bonchev–Trinajstić information content (AvgIpc) is 2.98. The lowest BCUT2D eigenvalue weighted by atomic mass is 10.0. The summed E-state index contributed by atoms with van der Waals surface area (Å²) in [5.74, 6) is 7.11. The highest BCUT2D eigenvalue weighted by Gasteiger charge is 2.34. The normalized spacial score (nSPS) is 13.7. The number of nitrogens with zero attached hydrogens (tertiary/aromatic N) is 4. The molecule has 1 amide bonds. The number of alkyl halides is 3. The highest BCUT2D eigenvalue weighted by Crippen LogP contribution is 2.34. The number of nitrogens with one attached hydrogen (secondary N) is 3. The largest absolute Gasteiger partial charge is 0.416 e. The summed E-state index contributed by atoms with van der Waals surface area (Å²) >= 11 is 0. The van der Waals surface area contributed by atoms with Crippen LogP contribution >= 0.6 is 0 Å². The molecule has 216 valence electrons. The Morgan fingerprint density at radius 1 is 1.05 bits per heavy atom. The molecule has 0 bridgehead atoms. The van der Waals surface area contributed by atoms with Crippen molar-refractivity contribution in [3.8, 4) is 11.8 Å². The molecule has 1 aromatic carbocycles. The number of amides is 1. The van der Waals surface area contributed by atoms with Gasteiger partial charge in [0.05, 0.1) is 5.56 Å². The van der Waals surface area contributed by atoms with Crippen LogP contribution in [0.4, 0.5) is 30.5 Å². The van der Waals surface area contributed by atoms with Gasteiger partial charge in [0.1, 0.15) is 11.6 Å². The summed E-state index contributed by atoms with van der Waals surface area (Å²) in [6.45, 7) is 6.60. The van der Waals surface area contributed by atoms with Gasteiger partial charge in [-0.2, -0.15) is 13.2 Å². The molecule has 1 fully saturated rings. The third-order valence-electron chi connectivity index (χ3n) is 6.42. The molecule has 12 heteroatoms. The number of halogens is 3. The van der Waals surface area contributed by atoms with E-state index in [1.54, 1.807) is 25.5 Å². The van der Waals surface area contributed by atoms with Gasteiger partial charge in [-0.3, -0.25) is 9.69 Å². The van der Waals surface area contributed by atoms with Crippen LogP contribution in [-0.4, -0.2) is 72.2 Å². The van der Waals surface area contributed by atoms with E-state index in [2.05, 4.69) is 44.3 Å². The smallest absolute Gasteiger partial charge is 0.383 e. The zero-order chi connectivity index (χ0) is 29.8. The third kappa shape index (κ3) is 9.30. The predicted molar refractivity (Wildman–Crippen MR) is 155 cm³/mol. The van der Waals surface area contributed by atoms with Crippen LogP contribution in [0.15, 0.2) is 48.8 Å². The molecule has 2 aromatic heterocycles. The van der Waals surface area contributed by atoms with E-state index in [-0.39, 0.29) is 17.8 Å². The maximum atomic E-state index is 13.2. The summed E-state index contributed by atoms with van der Waals surface area (Å²) in [6, 6.07) is 9.36. The van der Waals surface area contributed by atoms with Crippen molar-refractivity contribution < 1.29 is 18.0 Å². The standard InChI is InChI=1S/C15H20F3N3O.C14H13N5/c1-2-20-5-7-21(8-6-20)10-12-3-4-13(19-11-22)9-14(12)15(16,17)18;1-17-13-7-10(4-5-18-13)2-3-11-6-12(8-15)14(16)19-9-11/h3-4,9,11H,2,5-8,10H2,1H3,(H,19,22);4-9,15H,1H3,(H2,16,19)(H,17,18). The number of hydrogen-bond acceptors (Lipinski definition) is 8. The first-order valence-electron chi connectivity index (χ1n) is 12.9. The lowest BCUT2D eigenvalue weighted by Gasteiger charge is -2.34. The summed E-state index contributed by atoms with van der Waals surface area (Å²) in [7, 11) is 1.81. The maximum Gasteiger partial charge on any atom is 0.416 e. The number of carbonyl (C=O) groups is 1. The Balaban J connectivity index is 0.000000228. The second-order valence-electron chi connectivity index (χ2n) is 9.11. The van der Waals surface area contributed by atoms with Crippen molar-refractivity contribution in [3.63, 3.8) is 0 Å². The van der Waals surface area contributed by atoms with Crippen LogP contribution in [0.5, 0.6) is 0 Å². The Labute approximate surface area is 237 Å². The first-order valence-corrected chi connectivity index (χ1v) is 12.9. The first-order chi connectivity index (χ1) is 19.7. The first kappa shape index (κ1) is 31.1. The molecule has 0 radical (unpaired) electrons. The fourth-order valence-corrected chi connectivity index (χ4v) is 4.11. The molecule has 5 N–H and O–H groups in total. The van der Waals surface area contributed by atoms with Gasteiger partial charge >= 0.3 is 6.18 Å². The molecule has 0 saturated carbocycles. The Morgan fingerprint density at radius 3 is 2.39 bits per heavy atom. The van der Waals surface area contributed by atoms with Crippen LogP contribution in [0.3, 0.4) is 0 Å². The van der Waals surface area contributed by atoms with Crippen molar-refractivity contribution in [2.24, 2.45) is 0 Å². The quantitative estimate of drug-likeness (QED) is 0.194. The minimum absolute atomic E-state index is 0.155. The summed E-state index contributed by atoms with van der Waals surface area (Å²) in [5.41, 5.74) is 7.47.